The van der Waals surface area contributed by atoms with Gasteiger partial charge in [0.15, 0.2) is 0 Å². The van der Waals surface area contributed by atoms with E-state index < -0.39 is 0 Å². The molecular weight excluding hydrogens is 396 g/mol. The number of aryl methyl sites for hydroxylation is 2. The van der Waals surface area contributed by atoms with Gasteiger partial charge in [-0.1, -0.05) is 22.9 Å². The SMILES string of the molecule is CCc1nn(CC)c(CNc2ccc(Br)cc2C#N)c1Br. The molecule has 0 radical (unpaired) electrons. The fourth-order valence-electron chi connectivity index (χ4n) is 2.13. The van der Waals surface area contributed by atoms with Gasteiger partial charge in [-0.15, -0.1) is 0 Å². The molecule has 0 bridgehead atoms. The van der Waals surface area contributed by atoms with E-state index in [1.165, 1.54) is 0 Å². The van der Waals surface area contributed by atoms with Crippen LogP contribution in [0.3, 0.4) is 0 Å². The number of aromatic nitrogens is 2. The normalized spacial score (nSPS) is 10.4. The lowest BCUT2D eigenvalue weighted by Gasteiger charge is -2.10. The zero-order valence-electron chi connectivity index (χ0n) is 12.0. The molecule has 4 nitrogen and oxygen atoms in total. The molecule has 0 fully saturated rings. The van der Waals surface area contributed by atoms with Crippen LogP contribution in [0.25, 0.3) is 0 Å². The second-order valence-corrected chi connectivity index (χ2v) is 6.24. The van der Waals surface area contributed by atoms with Gasteiger partial charge in [0.25, 0.3) is 0 Å². The van der Waals surface area contributed by atoms with Crippen molar-refractivity contribution >= 4 is 37.5 Å². The van der Waals surface area contributed by atoms with E-state index in [-0.39, 0.29) is 0 Å². The molecule has 6 heteroatoms. The van der Waals surface area contributed by atoms with Crippen molar-refractivity contribution in [1.82, 2.24) is 9.78 Å². The molecule has 1 heterocycles. The van der Waals surface area contributed by atoms with Crippen molar-refractivity contribution in [3.8, 4) is 6.07 Å². The summed E-state index contributed by atoms with van der Waals surface area (Å²) in [5.74, 6) is 0. The zero-order valence-corrected chi connectivity index (χ0v) is 15.1. The Morgan fingerprint density at radius 2 is 2.10 bits per heavy atom. The van der Waals surface area contributed by atoms with Crippen LogP contribution in [0.1, 0.15) is 30.8 Å². The van der Waals surface area contributed by atoms with Gasteiger partial charge in [0.1, 0.15) is 6.07 Å². The highest BCUT2D eigenvalue weighted by Gasteiger charge is 2.14. The van der Waals surface area contributed by atoms with Crippen LogP contribution < -0.4 is 5.32 Å². The second-order valence-electron chi connectivity index (χ2n) is 4.53. The van der Waals surface area contributed by atoms with E-state index in [4.69, 9.17) is 0 Å². The van der Waals surface area contributed by atoms with E-state index in [0.29, 0.717) is 12.1 Å². The molecule has 0 aliphatic heterocycles. The standard InChI is InChI=1S/C15H16Br2N4/c1-3-12-15(17)14(21(4-2)20-12)9-19-13-6-5-11(16)7-10(13)8-18/h5-7,19H,3-4,9H2,1-2H3. The Bertz CT molecular complexity index is 686. The highest BCUT2D eigenvalue weighted by atomic mass is 79.9. The van der Waals surface area contributed by atoms with Crippen LogP contribution in [0, 0.1) is 11.3 Å². The van der Waals surface area contributed by atoms with E-state index in [0.717, 1.165) is 39.0 Å². The predicted octanol–water partition coefficient (Wildman–Crippen LogP) is 4.47. The molecule has 21 heavy (non-hydrogen) atoms. The second kappa shape index (κ2) is 7.10. The Balaban J connectivity index is 2.25. The van der Waals surface area contributed by atoms with Crippen LogP contribution in [0.4, 0.5) is 5.69 Å². The largest absolute Gasteiger partial charge is 0.378 e. The van der Waals surface area contributed by atoms with E-state index >= 15 is 0 Å². The van der Waals surface area contributed by atoms with Crippen molar-refractivity contribution in [2.75, 3.05) is 5.32 Å². The van der Waals surface area contributed by atoms with Crippen molar-refractivity contribution < 1.29 is 0 Å². The van der Waals surface area contributed by atoms with Gasteiger partial charge in [-0.2, -0.15) is 10.4 Å². The van der Waals surface area contributed by atoms with Gasteiger partial charge in [0, 0.05) is 11.0 Å². The number of hydrogen-bond acceptors (Lipinski definition) is 3. The summed E-state index contributed by atoms with van der Waals surface area (Å²) in [6, 6.07) is 7.85. The van der Waals surface area contributed by atoms with Gasteiger partial charge in [-0.3, -0.25) is 4.68 Å². The van der Waals surface area contributed by atoms with E-state index in [1.807, 2.05) is 22.9 Å². The van der Waals surface area contributed by atoms with E-state index in [9.17, 15) is 5.26 Å². The third kappa shape index (κ3) is 3.47. The Morgan fingerprint density at radius 3 is 2.71 bits per heavy atom. The molecule has 0 aliphatic carbocycles. The van der Waals surface area contributed by atoms with Crippen molar-refractivity contribution in [1.29, 1.82) is 5.26 Å². The van der Waals surface area contributed by atoms with Crippen LogP contribution in [-0.2, 0) is 19.5 Å². The minimum absolute atomic E-state index is 0.623. The summed E-state index contributed by atoms with van der Waals surface area (Å²) < 4.78 is 3.94. The maximum atomic E-state index is 9.20. The third-order valence-corrected chi connectivity index (χ3v) is 4.65. The molecule has 1 N–H and O–H groups in total. The molecule has 0 atom stereocenters. The van der Waals surface area contributed by atoms with Gasteiger partial charge in [-0.25, -0.2) is 0 Å². The molecular formula is C15H16Br2N4. The molecule has 0 aliphatic rings. The number of anilines is 1. The summed E-state index contributed by atoms with van der Waals surface area (Å²) in [6.45, 7) is 5.61. The average molecular weight is 412 g/mol. The van der Waals surface area contributed by atoms with Gasteiger partial charge in [-0.05, 0) is 47.5 Å². The highest BCUT2D eigenvalue weighted by Crippen LogP contribution is 2.25. The van der Waals surface area contributed by atoms with Crippen LogP contribution in [0.2, 0.25) is 0 Å². The molecule has 2 aromatic rings. The summed E-state index contributed by atoms with van der Waals surface area (Å²) >= 11 is 7.01. The maximum Gasteiger partial charge on any atom is 0.101 e. The monoisotopic (exact) mass is 410 g/mol. The minimum Gasteiger partial charge on any atom is -0.378 e. The first-order valence-electron chi connectivity index (χ1n) is 6.78. The molecule has 0 saturated carbocycles. The number of halogens is 2. The number of nitriles is 1. The molecule has 1 aromatic heterocycles. The summed E-state index contributed by atoms with van der Waals surface area (Å²) in [4.78, 5) is 0. The van der Waals surface area contributed by atoms with Crippen LogP contribution in [-0.4, -0.2) is 9.78 Å². The fourth-order valence-corrected chi connectivity index (χ4v) is 3.19. The number of rotatable bonds is 5. The molecule has 1 aromatic carbocycles. The molecule has 2 rings (SSSR count). The van der Waals surface area contributed by atoms with Crippen LogP contribution in [0.15, 0.2) is 27.1 Å². The quantitative estimate of drug-likeness (QED) is 0.789. The van der Waals surface area contributed by atoms with Crippen LogP contribution in [0.5, 0.6) is 0 Å². The summed E-state index contributed by atoms with van der Waals surface area (Å²) in [5.41, 5.74) is 3.61. The number of hydrogen-bond donors (Lipinski definition) is 1. The lowest BCUT2D eigenvalue weighted by Crippen LogP contribution is -2.09. The van der Waals surface area contributed by atoms with Crippen LogP contribution >= 0.6 is 31.9 Å². The number of benzene rings is 1. The van der Waals surface area contributed by atoms with Gasteiger partial charge in [0.2, 0.25) is 0 Å². The van der Waals surface area contributed by atoms with Crippen molar-refractivity contribution in [3.63, 3.8) is 0 Å². The van der Waals surface area contributed by atoms with E-state index in [1.54, 1.807) is 0 Å². The first-order chi connectivity index (χ1) is 10.1. The van der Waals surface area contributed by atoms with Crippen molar-refractivity contribution in [3.05, 3.63) is 44.1 Å². The number of nitrogens with one attached hydrogen (secondary N) is 1. The lowest BCUT2D eigenvalue weighted by atomic mass is 10.2. The van der Waals surface area contributed by atoms with Crippen molar-refractivity contribution in [2.24, 2.45) is 0 Å². The Kier molecular flexibility index (Phi) is 5.43. The molecule has 0 unspecified atom stereocenters. The minimum atomic E-state index is 0.623. The molecule has 0 saturated heterocycles. The van der Waals surface area contributed by atoms with Gasteiger partial charge < -0.3 is 5.32 Å². The predicted molar refractivity (Wildman–Crippen MR) is 91.2 cm³/mol. The first-order valence-corrected chi connectivity index (χ1v) is 8.36. The van der Waals surface area contributed by atoms with Crippen molar-refractivity contribution in [2.45, 2.75) is 33.4 Å². The maximum absolute atomic E-state index is 9.20. The molecule has 110 valence electrons. The first kappa shape index (κ1) is 16.1. The van der Waals surface area contributed by atoms with Gasteiger partial charge >= 0.3 is 0 Å². The highest BCUT2D eigenvalue weighted by molar-refractivity contribution is 9.10. The zero-order chi connectivity index (χ0) is 15.4. The Hall–Kier alpha value is -1.32. The summed E-state index contributed by atoms with van der Waals surface area (Å²) in [7, 11) is 0. The van der Waals surface area contributed by atoms with Gasteiger partial charge in [0.05, 0.1) is 33.7 Å². The Morgan fingerprint density at radius 1 is 1.33 bits per heavy atom. The summed E-state index contributed by atoms with van der Waals surface area (Å²) in [5, 5.41) is 17.1. The fraction of sp³-hybridized carbons (Fsp3) is 0.333. The molecule has 0 amide bonds. The summed E-state index contributed by atoms with van der Waals surface area (Å²) in [6.07, 6.45) is 0.891. The molecule has 0 spiro atoms. The van der Waals surface area contributed by atoms with E-state index in [2.05, 4.69) is 62.2 Å². The lowest BCUT2D eigenvalue weighted by molar-refractivity contribution is 0.619. The Labute approximate surface area is 141 Å². The average Bonchev–Trinajstić information content (AvgIpc) is 2.81. The number of nitrogens with zero attached hydrogens (tertiary/aromatic N) is 3. The third-order valence-electron chi connectivity index (χ3n) is 3.24. The smallest absolute Gasteiger partial charge is 0.101 e. The topological polar surface area (TPSA) is 53.6 Å².